The van der Waals surface area contributed by atoms with E-state index in [4.69, 9.17) is 4.74 Å². The molecular formula is C24H31N5O3. The van der Waals surface area contributed by atoms with Crippen molar-refractivity contribution < 1.29 is 9.53 Å². The smallest absolute Gasteiger partial charge is 0.269 e. The molecule has 1 saturated heterocycles. The van der Waals surface area contributed by atoms with Crippen molar-refractivity contribution in [1.82, 2.24) is 20.2 Å². The Hall–Kier alpha value is -2.71. The molecule has 5 rings (SSSR count). The molecule has 2 N–H and O–H groups in total. The summed E-state index contributed by atoms with van der Waals surface area (Å²) in [7, 11) is 1.61. The summed E-state index contributed by atoms with van der Waals surface area (Å²) in [4.78, 5) is 36.6. The van der Waals surface area contributed by atoms with Gasteiger partial charge in [-0.15, -0.1) is 0 Å². The van der Waals surface area contributed by atoms with Gasteiger partial charge in [-0.05, 0) is 49.4 Å². The lowest BCUT2D eigenvalue weighted by molar-refractivity contribution is 0.0958. The fraction of sp³-hybridized carbons (Fsp3) is 0.542. The van der Waals surface area contributed by atoms with Crippen molar-refractivity contribution in [3.05, 3.63) is 57.3 Å². The average molecular weight is 438 g/mol. The molecule has 0 bridgehead atoms. The average Bonchev–Trinajstić information content (AvgIpc) is 3.34. The third-order valence-corrected chi connectivity index (χ3v) is 7.26. The molecule has 0 radical (unpaired) electrons. The maximum Gasteiger partial charge on any atom is 0.269 e. The number of carbonyl (C=O) groups excluding carboxylic acids is 1. The summed E-state index contributed by atoms with van der Waals surface area (Å²) in [5.41, 5.74) is 4.63. The Morgan fingerprint density at radius 1 is 1.22 bits per heavy atom. The minimum atomic E-state index is -0.161. The molecule has 1 aliphatic carbocycles. The van der Waals surface area contributed by atoms with E-state index in [0.29, 0.717) is 30.9 Å². The van der Waals surface area contributed by atoms with Crippen LogP contribution >= 0.6 is 0 Å². The molecule has 2 unspecified atom stereocenters. The van der Waals surface area contributed by atoms with E-state index < -0.39 is 0 Å². The Kier molecular flexibility index (Phi) is 5.97. The molecule has 8 nitrogen and oxygen atoms in total. The Labute approximate surface area is 188 Å². The van der Waals surface area contributed by atoms with Gasteiger partial charge in [-0.1, -0.05) is 0 Å². The number of amides is 1. The van der Waals surface area contributed by atoms with Gasteiger partial charge >= 0.3 is 0 Å². The Morgan fingerprint density at radius 3 is 2.81 bits per heavy atom. The van der Waals surface area contributed by atoms with Gasteiger partial charge in [-0.3, -0.25) is 14.5 Å². The van der Waals surface area contributed by atoms with E-state index in [9.17, 15) is 9.59 Å². The number of fused-ring (bicyclic) bond motifs is 1. The van der Waals surface area contributed by atoms with E-state index in [2.05, 4.69) is 31.2 Å². The van der Waals surface area contributed by atoms with Crippen LogP contribution in [0.2, 0.25) is 0 Å². The van der Waals surface area contributed by atoms with Crippen LogP contribution in [0.4, 0.5) is 5.69 Å². The zero-order valence-corrected chi connectivity index (χ0v) is 18.6. The van der Waals surface area contributed by atoms with Crippen LogP contribution < -0.4 is 15.8 Å². The van der Waals surface area contributed by atoms with Gasteiger partial charge in [-0.25, -0.2) is 4.98 Å². The lowest BCUT2D eigenvalue weighted by Gasteiger charge is -2.39. The van der Waals surface area contributed by atoms with Crippen molar-refractivity contribution in [2.24, 2.45) is 0 Å². The van der Waals surface area contributed by atoms with Gasteiger partial charge in [0.05, 0.1) is 25.1 Å². The van der Waals surface area contributed by atoms with Gasteiger partial charge in [0, 0.05) is 56.4 Å². The number of aromatic amines is 1. The van der Waals surface area contributed by atoms with E-state index in [-0.39, 0.29) is 11.5 Å². The normalized spacial score (nSPS) is 23.7. The molecule has 4 heterocycles. The van der Waals surface area contributed by atoms with E-state index in [1.165, 1.54) is 12.0 Å². The number of hydrogen-bond donors (Lipinski definition) is 2. The fourth-order valence-corrected chi connectivity index (χ4v) is 5.37. The number of nitrogens with one attached hydrogen (secondary N) is 2. The standard InChI is InChI=1S/C24H31N5O3/c1-25-24(31)21-5-4-19(14-26-21)29-9-7-28(8-10-29)18-3-2-17(12-18)22-13-16-6-11-32-15-20(16)23(30)27-22/h4-5,13-14,17-18H,2-3,6-12,15H2,1H3,(H,25,31)(H,27,30). The Bertz CT molecular complexity index is 1030. The molecule has 8 heteroatoms. The number of nitrogens with zero attached hydrogens (tertiary/aromatic N) is 3. The van der Waals surface area contributed by atoms with E-state index in [0.717, 1.165) is 62.4 Å². The fourth-order valence-electron chi connectivity index (χ4n) is 5.37. The second-order valence-electron chi connectivity index (χ2n) is 9.03. The zero-order valence-electron chi connectivity index (χ0n) is 18.6. The molecule has 1 amide bonds. The van der Waals surface area contributed by atoms with Crippen LogP contribution in [-0.2, 0) is 17.8 Å². The number of aromatic nitrogens is 2. The van der Waals surface area contributed by atoms with Crippen LogP contribution in [0.5, 0.6) is 0 Å². The monoisotopic (exact) mass is 437 g/mol. The SMILES string of the molecule is CNC(=O)c1ccc(N2CCN(C3CCC(c4cc5c(c(=O)[nH]4)COCC5)C3)CC2)cn1. The first-order valence-corrected chi connectivity index (χ1v) is 11.6. The first kappa shape index (κ1) is 21.2. The van der Waals surface area contributed by atoms with Crippen LogP contribution in [0.3, 0.4) is 0 Å². The van der Waals surface area contributed by atoms with Crippen molar-refractivity contribution in [3.63, 3.8) is 0 Å². The highest BCUT2D eigenvalue weighted by atomic mass is 16.5. The zero-order chi connectivity index (χ0) is 22.1. The second-order valence-corrected chi connectivity index (χ2v) is 9.03. The van der Waals surface area contributed by atoms with E-state index in [1.54, 1.807) is 19.3 Å². The maximum atomic E-state index is 12.5. The summed E-state index contributed by atoms with van der Waals surface area (Å²) in [6.07, 6.45) is 6.04. The first-order valence-electron chi connectivity index (χ1n) is 11.6. The van der Waals surface area contributed by atoms with Crippen molar-refractivity contribution >= 4 is 11.6 Å². The summed E-state index contributed by atoms with van der Waals surface area (Å²) in [5.74, 6) is 0.270. The summed E-state index contributed by atoms with van der Waals surface area (Å²) in [5, 5.41) is 2.60. The summed E-state index contributed by atoms with van der Waals surface area (Å²) < 4.78 is 5.45. The van der Waals surface area contributed by atoms with Crippen LogP contribution in [0.25, 0.3) is 0 Å². The van der Waals surface area contributed by atoms with Gasteiger partial charge in [0.15, 0.2) is 0 Å². The number of rotatable bonds is 4. The summed E-state index contributed by atoms with van der Waals surface area (Å²) in [6.45, 7) is 5.10. The largest absolute Gasteiger partial charge is 0.376 e. The molecule has 2 fully saturated rings. The van der Waals surface area contributed by atoms with Crippen LogP contribution in [0.15, 0.2) is 29.2 Å². The third kappa shape index (κ3) is 4.17. The molecule has 2 aliphatic heterocycles. The van der Waals surface area contributed by atoms with Crippen molar-refractivity contribution in [3.8, 4) is 0 Å². The molecule has 2 atom stereocenters. The van der Waals surface area contributed by atoms with Gasteiger partial charge in [-0.2, -0.15) is 0 Å². The number of hydrogen-bond acceptors (Lipinski definition) is 6. The van der Waals surface area contributed by atoms with Crippen LogP contribution in [0.1, 0.15) is 52.5 Å². The second kappa shape index (κ2) is 9.03. The quantitative estimate of drug-likeness (QED) is 0.756. The molecular weight excluding hydrogens is 406 g/mol. The summed E-state index contributed by atoms with van der Waals surface area (Å²) in [6, 6.07) is 6.56. The van der Waals surface area contributed by atoms with Gasteiger partial charge in [0.2, 0.25) is 0 Å². The van der Waals surface area contributed by atoms with Crippen molar-refractivity contribution in [1.29, 1.82) is 0 Å². The Balaban J connectivity index is 1.18. The molecule has 2 aromatic heterocycles. The minimum Gasteiger partial charge on any atom is -0.376 e. The highest BCUT2D eigenvalue weighted by Crippen LogP contribution is 2.37. The molecule has 170 valence electrons. The number of H-pyrrole nitrogens is 1. The van der Waals surface area contributed by atoms with E-state index in [1.807, 2.05) is 6.07 Å². The molecule has 0 spiro atoms. The molecule has 1 saturated carbocycles. The minimum absolute atomic E-state index is 0.0327. The highest BCUT2D eigenvalue weighted by Gasteiger charge is 2.33. The maximum absolute atomic E-state index is 12.5. The predicted molar refractivity (Wildman–Crippen MR) is 122 cm³/mol. The number of ether oxygens (including phenoxy) is 1. The topological polar surface area (TPSA) is 90.6 Å². The first-order chi connectivity index (χ1) is 15.6. The van der Waals surface area contributed by atoms with E-state index >= 15 is 0 Å². The molecule has 2 aromatic rings. The Morgan fingerprint density at radius 2 is 2.06 bits per heavy atom. The van der Waals surface area contributed by atoms with Gasteiger partial charge in [0.1, 0.15) is 5.69 Å². The number of piperazine rings is 1. The highest BCUT2D eigenvalue weighted by molar-refractivity contribution is 5.92. The number of pyridine rings is 2. The molecule has 0 aromatic carbocycles. The lowest BCUT2D eigenvalue weighted by atomic mass is 9.97. The summed E-state index contributed by atoms with van der Waals surface area (Å²) >= 11 is 0. The van der Waals surface area contributed by atoms with Crippen molar-refractivity contribution in [2.45, 2.75) is 44.2 Å². The lowest BCUT2D eigenvalue weighted by Crippen LogP contribution is -2.49. The molecule has 32 heavy (non-hydrogen) atoms. The van der Waals surface area contributed by atoms with Crippen LogP contribution in [-0.4, -0.2) is 66.7 Å². The van der Waals surface area contributed by atoms with Crippen LogP contribution in [0, 0.1) is 0 Å². The third-order valence-electron chi connectivity index (χ3n) is 7.26. The van der Waals surface area contributed by atoms with Gasteiger partial charge < -0.3 is 19.9 Å². The predicted octanol–water partition coefficient (Wildman–Crippen LogP) is 1.66. The number of anilines is 1. The number of carbonyl (C=O) groups is 1. The van der Waals surface area contributed by atoms with Crippen molar-refractivity contribution in [2.75, 3.05) is 44.7 Å². The van der Waals surface area contributed by atoms with Gasteiger partial charge in [0.25, 0.3) is 11.5 Å². The molecule has 3 aliphatic rings.